The highest BCUT2D eigenvalue weighted by molar-refractivity contribution is 5.90. The van der Waals surface area contributed by atoms with Gasteiger partial charge in [0.15, 0.2) is 0 Å². The number of carbonyl (C=O) groups excluding carboxylic acids is 1. The van der Waals surface area contributed by atoms with E-state index < -0.39 is 0 Å². The number of nitrogens with one attached hydrogen (secondary N) is 1. The zero-order chi connectivity index (χ0) is 13.0. The average Bonchev–Trinajstić information content (AvgIpc) is 2.40. The van der Waals surface area contributed by atoms with Gasteiger partial charge in [-0.25, -0.2) is 4.79 Å². The van der Waals surface area contributed by atoms with Crippen LogP contribution in [0.4, 0.5) is 10.5 Å². The molecule has 2 amide bonds. The number of hydrogen-bond donors (Lipinski definition) is 1. The number of urea groups is 1. The molecule has 1 aromatic rings. The molecule has 1 saturated heterocycles. The molecule has 0 aromatic heterocycles. The van der Waals surface area contributed by atoms with Crippen molar-refractivity contribution < 1.29 is 4.79 Å². The number of likely N-dealkylation sites (N-methyl/N-ethyl adjacent to an activating group) is 1. The summed E-state index contributed by atoms with van der Waals surface area (Å²) in [5, 5.41) is 11.7. The van der Waals surface area contributed by atoms with Crippen LogP contribution in [-0.4, -0.2) is 49.1 Å². The van der Waals surface area contributed by atoms with Crippen LogP contribution in [0.15, 0.2) is 24.3 Å². The second kappa shape index (κ2) is 5.52. The van der Waals surface area contributed by atoms with E-state index >= 15 is 0 Å². The van der Waals surface area contributed by atoms with Gasteiger partial charge in [0.05, 0.1) is 11.3 Å². The number of rotatable bonds is 1. The van der Waals surface area contributed by atoms with E-state index in [1.165, 1.54) is 0 Å². The molecule has 1 aliphatic heterocycles. The number of para-hydroxylation sites is 1. The lowest BCUT2D eigenvalue weighted by Crippen LogP contribution is -2.48. The van der Waals surface area contributed by atoms with Crippen molar-refractivity contribution in [1.82, 2.24) is 9.80 Å². The molecule has 0 atom stereocenters. The Balaban J connectivity index is 2.01. The van der Waals surface area contributed by atoms with E-state index in [0.717, 1.165) is 26.2 Å². The van der Waals surface area contributed by atoms with Crippen LogP contribution in [0.25, 0.3) is 0 Å². The minimum absolute atomic E-state index is 0.134. The van der Waals surface area contributed by atoms with Crippen molar-refractivity contribution in [2.45, 2.75) is 0 Å². The molecule has 2 rings (SSSR count). The highest BCUT2D eigenvalue weighted by Crippen LogP contribution is 2.14. The van der Waals surface area contributed by atoms with Crippen molar-refractivity contribution in [3.05, 3.63) is 29.8 Å². The molecule has 0 radical (unpaired) electrons. The summed E-state index contributed by atoms with van der Waals surface area (Å²) in [6, 6.07) is 8.96. The molecule has 0 bridgehead atoms. The number of anilines is 1. The van der Waals surface area contributed by atoms with Crippen molar-refractivity contribution in [3.8, 4) is 6.07 Å². The molecular formula is C13H16N4O. The third kappa shape index (κ3) is 2.79. The largest absolute Gasteiger partial charge is 0.322 e. The second-order valence-electron chi connectivity index (χ2n) is 4.38. The van der Waals surface area contributed by atoms with Gasteiger partial charge in [-0.3, -0.25) is 0 Å². The minimum Gasteiger partial charge on any atom is -0.322 e. The summed E-state index contributed by atoms with van der Waals surface area (Å²) < 4.78 is 0. The standard InChI is InChI=1S/C13H16N4O/c1-16-6-8-17(9-7-16)13(18)15-12-5-3-2-4-11(12)10-14/h2-5H,6-9H2,1H3,(H,15,18). The Morgan fingerprint density at radius 2 is 1.94 bits per heavy atom. The molecule has 5 nitrogen and oxygen atoms in total. The third-order valence-electron chi connectivity index (χ3n) is 3.08. The predicted octanol–water partition coefficient (Wildman–Crippen LogP) is 1.34. The number of piperazine rings is 1. The molecule has 1 aliphatic rings. The molecule has 18 heavy (non-hydrogen) atoms. The van der Waals surface area contributed by atoms with E-state index in [1.807, 2.05) is 7.05 Å². The highest BCUT2D eigenvalue weighted by Gasteiger charge is 2.19. The van der Waals surface area contributed by atoms with E-state index in [1.54, 1.807) is 29.2 Å². The fourth-order valence-electron chi connectivity index (χ4n) is 1.89. The summed E-state index contributed by atoms with van der Waals surface area (Å²) in [6.45, 7) is 3.20. The smallest absolute Gasteiger partial charge is 0.321 e. The van der Waals surface area contributed by atoms with Crippen LogP contribution in [0, 0.1) is 11.3 Å². The molecule has 1 aromatic carbocycles. The SMILES string of the molecule is CN1CCN(C(=O)Nc2ccccc2C#N)CC1. The van der Waals surface area contributed by atoms with Gasteiger partial charge in [-0.2, -0.15) is 5.26 Å². The zero-order valence-corrected chi connectivity index (χ0v) is 10.4. The van der Waals surface area contributed by atoms with Gasteiger partial charge in [0.1, 0.15) is 6.07 Å². The first-order valence-electron chi connectivity index (χ1n) is 5.94. The monoisotopic (exact) mass is 244 g/mol. The van der Waals surface area contributed by atoms with Gasteiger partial charge in [-0.05, 0) is 19.2 Å². The molecule has 1 fully saturated rings. The molecule has 1 N–H and O–H groups in total. The molecule has 5 heteroatoms. The summed E-state index contributed by atoms with van der Waals surface area (Å²) in [6.07, 6.45) is 0. The van der Waals surface area contributed by atoms with Crippen LogP contribution in [0.2, 0.25) is 0 Å². The minimum atomic E-state index is -0.134. The van der Waals surface area contributed by atoms with Crippen LogP contribution in [-0.2, 0) is 0 Å². The summed E-state index contributed by atoms with van der Waals surface area (Å²) in [5.41, 5.74) is 1.06. The van der Waals surface area contributed by atoms with E-state index in [0.29, 0.717) is 11.3 Å². The fourth-order valence-corrected chi connectivity index (χ4v) is 1.89. The Bertz CT molecular complexity index is 472. The first-order valence-corrected chi connectivity index (χ1v) is 5.94. The normalized spacial score (nSPS) is 16.1. The quantitative estimate of drug-likeness (QED) is 0.811. The zero-order valence-electron chi connectivity index (χ0n) is 10.4. The van der Waals surface area contributed by atoms with E-state index in [2.05, 4.69) is 16.3 Å². The van der Waals surface area contributed by atoms with Gasteiger partial charge in [0, 0.05) is 26.2 Å². The lowest BCUT2D eigenvalue weighted by atomic mass is 10.2. The number of amides is 2. The number of benzene rings is 1. The Hall–Kier alpha value is -2.06. The summed E-state index contributed by atoms with van der Waals surface area (Å²) in [5.74, 6) is 0. The topological polar surface area (TPSA) is 59.4 Å². The van der Waals surface area contributed by atoms with Gasteiger partial charge in [-0.15, -0.1) is 0 Å². The van der Waals surface area contributed by atoms with Crippen molar-refractivity contribution in [3.63, 3.8) is 0 Å². The maximum Gasteiger partial charge on any atom is 0.321 e. The molecule has 0 unspecified atom stereocenters. The number of carbonyl (C=O) groups is 1. The second-order valence-corrected chi connectivity index (χ2v) is 4.38. The molecular weight excluding hydrogens is 228 g/mol. The Morgan fingerprint density at radius 1 is 1.28 bits per heavy atom. The Kier molecular flexibility index (Phi) is 3.80. The first kappa shape index (κ1) is 12.4. The summed E-state index contributed by atoms with van der Waals surface area (Å²) >= 11 is 0. The van der Waals surface area contributed by atoms with Gasteiger partial charge in [0.2, 0.25) is 0 Å². The lowest BCUT2D eigenvalue weighted by Gasteiger charge is -2.32. The number of hydrogen-bond acceptors (Lipinski definition) is 3. The summed E-state index contributed by atoms with van der Waals surface area (Å²) in [7, 11) is 2.04. The van der Waals surface area contributed by atoms with Crippen LogP contribution < -0.4 is 5.32 Å². The highest BCUT2D eigenvalue weighted by atomic mass is 16.2. The summed E-state index contributed by atoms with van der Waals surface area (Å²) in [4.78, 5) is 16.0. The average molecular weight is 244 g/mol. The molecule has 94 valence electrons. The van der Waals surface area contributed by atoms with E-state index in [-0.39, 0.29) is 6.03 Å². The van der Waals surface area contributed by atoms with E-state index in [9.17, 15) is 4.79 Å². The van der Waals surface area contributed by atoms with E-state index in [4.69, 9.17) is 5.26 Å². The van der Waals surface area contributed by atoms with Gasteiger partial charge < -0.3 is 15.1 Å². The predicted molar refractivity (Wildman–Crippen MR) is 69.2 cm³/mol. The molecule has 0 aliphatic carbocycles. The molecule has 0 saturated carbocycles. The Morgan fingerprint density at radius 3 is 2.61 bits per heavy atom. The van der Waals surface area contributed by atoms with Crippen molar-refractivity contribution >= 4 is 11.7 Å². The van der Waals surface area contributed by atoms with Crippen LogP contribution in [0.5, 0.6) is 0 Å². The van der Waals surface area contributed by atoms with Crippen molar-refractivity contribution in [2.24, 2.45) is 0 Å². The lowest BCUT2D eigenvalue weighted by molar-refractivity contribution is 0.164. The number of nitrogens with zero attached hydrogens (tertiary/aromatic N) is 3. The van der Waals surface area contributed by atoms with Gasteiger partial charge in [0.25, 0.3) is 0 Å². The Labute approximate surface area is 107 Å². The maximum atomic E-state index is 12.0. The third-order valence-corrected chi connectivity index (χ3v) is 3.08. The van der Waals surface area contributed by atoms with Crippen molar-refractivity contribution in [1.29, 1.82) is 5.26 Å². The van der Waals surface area contributed by atoms with Gasteiger partial charge in [-0.1, -0.05) is 12.1 Å². The fraction of sp³-hybridized carbons (Fsp3) is 0.385. The van der Waals surface area contributed by atoms with Gasteiger partial charge >= 0.3 is 6.03 Å². The van der Waals surface area contributed by atoms with Crippen molar-refractivity contribution in [2.75, 3.05) is 38.5 Å². The maximum absolute atomic E-state index is 12.0. The first-order chi connectivity index (χ1) is 8.70. The van der Waals surface area contributed by atoms with Crippen LogP contribution in [0.3, 0.4) is 0 Å². The number of nitriles is 1. The molecule has 1 heterocycles. The van der Waals surface area contributed by atoms with Crippen LogP contribution >= 0.6 is 0 Å². The van der Waals surface area contributed by atoms with Crippen LogP contribution in [0.1, 0.15) is 5.56 Å². The molecule has 0 spiro atoms.